The van der Waals surface area contributed by atoms with Crippen LogP contribution in [-0.4, -0.2) is 27.6 Å². The molecule has 2 aromatic carbocycles. The molecular formula is C21H15N3O3S. The Balaban J connectivity index is 1.41. The van der Waals surface area contributed by atoms with E-state index in [0.29, 0.717) is 16.1 Å². The van der Waals surface area contributed by atoms with Gasteiger partial charge in [-0.05, 0) is 36.8 Å². The predicted molar refractivity (Wildman–Crippen MR) is 105 cm³/mol. The molecule has 0 spiro atoms. The first kappa shape index (κ1) is 16.8. The van der Waals surface area contributed by atoms with Crippen molar-refractivity contribution in [3.8, 4) is 11.3 Å². The van der Waals surface area contributed by atoms with Crippen LogP contribution in [0.25, 0.3) is 11.3 Å². The Morgan fingerprint density at radius 2 is 1.79 bits per heavy atom. The zero-order chi connectivity index (χ0) is 19.4. The first-order valence-corrected chi connectivity index (χ1v) is 9.75. The zero-order valence-electron chi connectivity index (χ0n) is 14.9. The molecule has 5 rings (SSSR count). The summed E-state index contributed by atoms with van der Waals surface area (Å²) in [7, 11) is 0. The molecule has 2 aliphatic rings. The number of nitrogens with one attached hydrogen (secondary N) is 1. The smallest absolute Gasteiger partial charge is 0.261 e. The Bertz CT molecular complexity index is 1130. The summed E-state index contributed by atoms with van der Waals surface area (Å²) >= 11 is 1.41. The first-order chi connectivity index (χ1) is 13.5. The molecule has 1 N–H and O–H groups in total. The highest BCUT2D eigenvalue weighted by atomic mass is 32.1. The molecule has 3 amide bonds. The van der Waals surface area contributed by atoms with E-state index in [0.717, 1.165) is 22.5 Å². The third kappa shape index (κ3) is 2.47. The number of imide groups is 1. The quantitative estimate of drug-likeness (QED) is 0.694. The van der Waals surface area contributed by atoms with Crippen LogP contribution < -0.4 is 5.32 Å². The zero-order valence-corrected chi connectivity index (χ0v) is 15.7. The lowest BCUT2D eigenvalue weighted by Gasteiger charge is -2.11. The van der Waals surface area contributed by atoms with Gasteiger partial charge in [-0.25, -0.2) is 4.98 Å². The van der Waals surface area contributed by atoms with Crippen LogP contribution >= 0.6 is 11.3 Å². The molecule has 1 aromatic heterocycles. The molecule has 138 valence electrons. The number of nitrogens with zero attached hydrogens (tertiary/aromatic N) is 2. The monoisotopic (exact) mass is 389 g/mol. The fraction of sp³-hybridized carbons (Fsp3) is 0.143. The van der Waals surface area contributed by atoms with Crippen molar-refractivity contribution in [3.63, 3.8) is 0 Å². The Hall–Kier alpha value is -3.32. The van der Waals surface area contributed by atoms with E-state index in [1.807, 2.05) is 30.5 Å². The molecule has 1 atom stereocenters. The Morgan fingerprint density at radius 1 is 1.07 bits per heavy atom. The number of hydrogen-bond acceptors (Lipinski definition) is 5. The summed E-state index contributed by atoms with van der Waals surface area (Å²) in [5.41, 5.74) is 4.35. The van der Waals surface area contributed by atoms with Crippen molar-refractivity contribution < 1.29 is 14.4 Å². The summed E-state index contributed by atoms with van der Waals surface area (Å²) in [5.74, 6) is -0.760. The fourth-order valence-electron chi connectivity index (χ4n) is 3.61. The molecule has 2 aliphatic heterocycles. The van der Waals surface area contributed by atoms with Crippen LogP contribution in [0.1, 0.15) is 44.1 Å². The van der Waals surface area contributed by atoms with Crippen molar-refractivity contribution in [3.05, 3.63) is 69.5 Å². The van der Waals surface area contributed by atoms with Gasteiger partial charge in [0.2, 0.25) is 5.91 Å². The molecule has 0 fully saturated rings. The van der Waals surface area contributed by atoms with E-state index in [2.05, 4.69) is 10.3 Å². The molecule has 0 radical (unpaired) electrons. The summed E-state index contributed by atoms with van der Waals surface area (Å²) in [6.07, 6.45) is 0. The number of carbonyl (C=O) groups excluding carboxylic acids is 3. The number of aromatic nitrogens is 1. The molecular weight excluding hydrogens is 374 g/mol. The minimum atomic E-state index is -0.284. The first-order valence-electron chi connectivity index (χ1n) is 8.88. The van der Waals surface area contributed by atoms with Crippen LogP contribution in [0.2, 0.25) is 0 Å². The van der Waals surface area contributed by atoms with Crippen molar-refractivity contribution >= 4 is 34.7 Å². The standard InChI is InChI=1S/C21H15N3O3S/c1-11-15-8-12(6-7-16(15)23-19(11)25)17-10-28-18(22-17)9-24-20(26)13-4-2-3-5-14(13)21(24)27/h2-8,10-11H,9H2,1H3,(H,23,25). The Labute approximate surface area is 164 Å². The number of hydrogen-bond donors (Lipinski definition) is 1. The second-order valence-electron chi connectivity index (χ2n) is 6.88. The van der Waals surface area contributed by atoms with Crippen LogP contribution in [0.15, 0.2) is 47.8 Å². The molecule has 6 nitrogen and oxygen atoms in total. The Kier molecular flexibility index (Phi) is 3.67. The lowest BCUT2D eigenvalue weighted by atomic mass is 10.00. The van der Waals surface area contributed by atoms with Gasteiger partial charge in [0.25, 0.3) is 11.8 Å². The van der Waals surface area contributed by atoms with Crippen LogP contribution in [0.4, 0.5) is 5.69 Å². The third-order valence-electron chi connectivity index (χ3n) is 5.19. The molecule has 0 saturated heterocycles. The summed E-state index contributed by atoms with van der Waals surface area (Å²) in [4.78, 5) is 42.7. The van der Waals surface area contributed by atoms with Crippen LogP contribution in [0, 0.1) is 0 Å². The summed E-state index contributed by atoms with van der Waals surface area (Å²) in [5, 5.41) is 5.45. The number of rotatable bonds is 3. The molecule has 1 unspecified atom stereocenters. The lowest BCUT2D eigenvalue weighted by molar-refractivity contribution is -0.116. The number of carbonyl (C=O) groups is 3. The van der Waals surface area contributed by atoms with E-state index in [9.17, 15) is 14.4 Å². The molecule has 3 heterocycles. The van der Waals surface area contributed by atoms with Crippen LogP contribution in [-0.2, 0) is 11.3 Å². The van der Waals surface area contributed by atoms with Crippen LogP contribution in [0.3, 0.4) is 0 Å². The molecule has 7 heteroatoms. The summed E-state index contributed by atoms with van der Waals surface area (Å²) < 4.78 is 0. The maximum atomic E-state index is 12.5. The van der Waals surface area contributed by atoms with E-state index in [1.165, 1.54) is 16.2 Å². The van der Waals surface area contributed by atoms with Gasteiger partial charge >= 0.3 is 0 Å². The van der Waals surface area contributed by atoms with Gasteiger partial charge in [0.05, 0.1) is 29.3 Å². The van der Waals surface area contributed by atoms with Gasteiger partial charge in [-0.2, -0.15) is 0 Å². The molecule has 0 aliphatic carbocycles. The second-order valence-corrected chi connectivity index (χ2v) is 7.82. The van der Waals surface area contributed by atoms with E-state index in [4.69, 9.17) is 0 Å². The maximum absolute atomic E-state index is 12.5. The van der Waals surface area contributed by atoms with Gasteiger partial charge in [-0.3, -0.25) is 19.3 Å². The number of benzene rings is 2. The third-order valence-corrected chi connectivity index (χ3v) is 6.02. The van der Waals surface area contributed by atoms with Gasteiger partial charge in [0.1, 0.15) is 5.01 Å². The van der Waals surface area contributed by atoms with Crippen molar-refractivity contribution in [2.24, 2.45) is 0 Å². The van der Waals surface area contributed by atoms with Crippen LogP contribution in [0.5, 0.6) is 0 Å². The molecule has 3 aromatic rings. The second kappa shape index (κ2) is 6.10. The molecule has 0 bridgehead atoms. The Morgan fingerprint density at radius 3 is 2.50 bits per heavy atom. The van der Waals surface area contributed by atoms with Gasteiger partial charge in [0, 0.05) is 16.6 Å². The van der Waals surface area contributed by atoms with Gasteiger partial charge in [0.15, 0.2) is 0 Å². The van der Waals surface area contributed by atoms with Crippen molar-refractivity contribution in [2.45, 2.75) is 19.4 Å². The number of fused-ring (bicyclic) bond motifs is 2. The number of amides is 3. The largest absolute Gasteiger partial charge is 0.325 e. The van der Waals surface area contributed by atoms with Crippen molar-refractivity contribution in [1.82, 2.24) is 9.88 Å². The van der Waals surface area contributed by atoms with E-state index < -0.39 is 0 Å². The minimum Gasteiger partial charge on any atom is -0.325 e. The SMILES string of the molecule is CC1C(=O)Nc2ccc(-c3csc(CN4C(=O)c5ccccc5C4=O)n3)cc21. The highest BCUT2D eigenvalue weighted by Crippen LogP contribution is 2.36. The predicted octanol–water partition coefficient (Wildman–Crippen LogP) is 3.66. The minimum absolute atomic E-state index is 0.00302. The van der Waals surface area contributed by atoms with Crippen molar-refractivity contribution in [2.75, 3.05) is 5.32 Å². The molecule has 0 saturated carbocycles. The fourth-order valence-corrected chi connectivity index (χ4v) is 4.40. The average Bonchev–Trinajstić information content (AvgIpc) is 3.35. The highest BCUT2D eigenvalue weighted by Gasteiger charge is 2.35. The highest BCUT2D eigenvalue weighted by molar-refractivity contribution is 7.10. The van der Waals surface area contributed by atoms with Gasteiger partial charge < -0.3 is 5.32 Å². The van der Waals surface area contributed by atoms with Crippen molar-refractivity contribution in [1.29, 1.82) is 0 Å². The normalized spacial score (nSPS) is 17.7. The lowest BCUT2D eigenvalue weighted by Crippen LogP contribution is -2.29. The van der Waals surface area contributed by atoms with E-state index in [1.54, 1.807) is 24.3 Å². The summed E-state index contributed by atoms with van der Waals surface area (Å²) in [6, 6.07) is 12.6. The number of anilines is 1. The van der Waals surface area contributed by atoms with E-state index in [-0.39, 0.29) is 30.2 Å². The topological polar surface area (TPSA) is 79.4 Å². The van der Waals surface area contributed by atoms with Gasteiger partial charge in [-0.1, -0.05) is 18.2 Å². The van der Waals surface area contributed by atoms with Gasteiger partial charge in [-0.15, -0.1) is 11.3 Å². The number of thiazole rings is 1. The average molecular weight is 389 g/mol. The summed E-state index contributed by atoms with van der Waals surface area (Å²) in [6.45, 7) is 2.03. The van der Waals surface area contributed by atoms with E-state index >= 15 is 0 Å². The molecule has 28 heavy (non-hydrogen) atoms. The maximum Gasteiger partial charge on any atom is 0.261 e.